The van der Waals surface area contributed by atoms with Gasteiger partial charge in [-0.15, -0.1) is 0 Å². The van der Waals surface area contributed by atoms with Crippen molar-refractivity contribution in [1.29, 1.82) is 0 Å². The van der Waals surface area contributed by atoms with E-state index in [9.17, 15) is 4.79 Å². The third-order valence-electron chi connectivity index (χ3n) is 3.16. The number of benzene rings is 2. The summed E-state index contributed by atoms with van der Waals surface area (Å²) in [5, 5.41) is 2.93. The molecule has 0 atom stereocenters. The van der Waals surface area contributed by atoms with Crippen LogP contribution < -0.4 is 10.1 Å². The molecule has 0 aliphatic heterocycles. The maximum Gasteiger partial charge on any atom is 0.224 e. The summed E-state index contributed by atoms with van der Waals surface area (Å²) in [6.07, 6.45) is 0.413. The van der Waals surface area contributed by atoms with Crippen molar-refractivity contribution in [3.05, 3.63) is 65.2 Å². The van der Waals surface area contributed by atoms with Crippen molar-refractivity contribution < 1.29 is 9.53 Å². The molecule has 2 aromatic rings. The minimum absolute atomic E-state index is 0.0321. The number of ether oxygens (including phenoxy) is 1. The summed E-state index contributed by atoms with van der Waals surface area (Å²) in [5.41, 5.74) is 3.17. The van der Waals surface area contributed by atoms with Crippen LogP contribution >= 0.6 is 0 Å². The van der Waals surface area contributed by atoms with Crippen molar-refractivity contribution in [1.82, 2.24) is 5.32 Å². The zero-order valence-electron chi connectivity index (χ0n) is 11.8. The number of hydrogen-bond donors (Lipinski definition) is 1. The molecule has 20 heavy (non-hydrogen) atoms. The van der Waals surface area contributed by atoms with Crippen LogP contribution in [0.4, 0.5) is 0 Å². The molecule has 0 aliphatic rings. The average Bonchev–Trinajstić information content (AvgIpc) is 2.46. The van der Waals surface area contributed by atoms with E-state index in [4.69, 9.17) is 4.74 Å². The van der Waals surface area contributed by atoms with Crippen LogP contribution in [-0.4, -0.2) is 13.0 Å². The molecule has 0 saturated heterocycles. The fraction of sp³-hybridized carbons (Fsp3) is 0.235. The maximum atomic E-state index is 11.9. The fourth-order valence-electron chi connectivity index (χ4n) is 2.09. The Labute approximate surface area is 119 Å². The van der Waals surface area contributed by atoms with Crippen LogP contribution in [0.25, 0.3) is 0 Å². The van der Waals surface area contributed by atoms with E-state index in [1.807, 2.05) is 55.5 Å². The van der Waals surface area contributed by atoms with Crippen molar-refractivity contribution in [2.75, 3.05) is 7.11 Å². The van der Waals surface area contributed by atoms with Gasteiger partial charge in [-0.05, 0) is 29.7 Å². The summed E-state index contributed by atoms with van der Waals surface area (Å²) in [7, 11) is 1.66. The number of carbonyl (C=O) groups excluding carboxylic acids is 1. The van der Waals surface area contributed by atoms with Gasteiger partial charge in [0.05, 0.1) is 13.5 Å². The molecule has 3 heteroatoms. The first-order valence-electron chi connectivity index (χ1n) is 6.63. The van der Waals surface area contributed by atoms with Gasteiger partial charge in [0, 0.05) is 6.54 Å². The van der Waals surface area contributed by atoms with E-state index in [2.05, 4.69) is 5.32 Å². The second kappa shape index (κ2) is 6.75. The molecular weight excluding hydrogens is 250 g/mol. The predicted molar refractivity (Wildman–Crippen MR) is 79.7 cm³/mol. The minimum Gasteiger partial charge on any atom is -0.496 e. The standard InChI is InChI=1S/C17H19NO2/c1-13-10-15(8-9-16(13)20-2)12-18-17(19)11-14-6-4-3-5-7-14/h3-10H,11-12H2,1-2H3,(H,18,19). The number of amides is 1. The van der Waals surface area contributed by atoms with Crippen LogP contribution in [0.5, 0.6) is 5.75 Å². The Kier molecular flexibility index (Phi) is 4.77. The molecule has 0 aliphatic carbocycles. The molecule has 0 radical (unpaired) electrons. The van der Waals surface area contributed by atoms with Gasteiger partial charge in [0.15, 0.2) is 0 Å². The van der Waals surface area contributed by atoms with Gasteiger partial charge in [-0.2, -0.15) is 0 Å². The molecule has 0 aromatic heterocycles. The van der Waals surface area contributed by atoms with Gasteiger partial charge in [-0.25, -0.2) is 0 Å². The van der Waals surface area contributed by atoms with Crippen LogP contribution in [0.2, 0.25) is 0 Å². The third-order valence-corrected chi connectivity index (χ3v) is 3.16. The topological polar surface area (TPSA) is 38.3 Å². The normalized spacial score (nSPS) is 10.1. The molecule has 0 bridgehead atoms. The Balaban J connectivity index is 1.89. The zero-order valence-corrected chi connectivity index (χ0v) is 11.8. The average molecular weight is 269 g/mol. The van der Waals surface area contributed by atoms with Gasteiger partial charge >= 0.3 is 0 Å². The molecule has 104 valence electrons. The second-order valence-corrected chi connectivity index (χ2v) is 4.74. The predicted octanol–water partition coefficient (Wildman–Crippen LogP) is 2.86. The van der Waals surface area contributed by atoms with Crippen LogP contribution in [-0.2, 0) is 17.8 Å². The van der Waals surface area contributed by atoms with Crippen molar-refractivity contribution in [3.8, 4) is 5.75 Å². The molecule has 0 fully saturated rings. The van der Waals surface area contributed by atoms with Crippen molar-refractivity contribution in [2.24, 2.45) is 0 Å². The molecule has 0 heterocycles. The van der Waals surface area contributed by atoms with Gasteiger partial charge in [0.2, 0.25) is 5.91 Å². The summed E-state index contributed by atoms with van der Waals surface area (Å²) in [6, 6.07) is 15.7. The lowest BCUT2D eigenvalue weighted by Gasteiger charge is -2.09. The lowest BCUT2D eigenvalue weighted by atomic mass is 10.1. The van der Waals surface area contributed by atoms with E-state index in [1.165, 1.54) is 0 Å². The summed E-state index contributed by atoms with van der Waals surface area (Å²) < 4.78 is 5.22. The summed E-state index contributed by atoms with van der Waals surface area (Å²) in [4.78, 5) is 11.9. The van der Waals surface area contributed by atoms with E-state index in [0.717, 1.165) is 22.4 Å². The van der Waals surface area contributed by atoms with E-state index in [-0.39, 0.29) is 5.91 Å². The van der Waals surface area contributed by atoms with Gasteiger partial charge in [0.1, 0.15) is 5.75 Å². The Morgan fingerprint density at radius 3 is 2.50 bits per heavy atom. The smallest absolute Gasteiger partial charge is 0.224 e. The molecular formula is C17H19NO2. The van der Waals surface area contributed by atoms with Crippen LogP contribution in [0, 0.1) is 6.92 Å². The van der Waals surface area contributed by atoms with Gasteiger partial charge in [-0.3, -0.25) is 4.79 Å². The van der Waals surface area contributed by atoms with Crippen LogP contribution in [0.1, 0.15) is 16.7 Å². The molecule has 0 spiro atoms. The number of hydrogen-bond acceptors (Lipinski definition) is 2. The Morgan fingerprint density at radius 1 is 1.10 bits per heavy atom. The van der Waals surface area contributed by atoms with Crippen molar-refractivity contribution >= 4 is 5.91 Å². The Hall–Kier alpha value is -2.29. The molecule has 0 unspecified atom stereocenters. The van der Waals surface area contributed by atoms with Crippen LogP contribution in [0.3, 0.4) is 0 Å². The minimum atomic E-state index is 0.0321. The molecule has 3 nitrogen and oxygen atoms in total. The lowest BCUT2D eigenvalue weighted by molar-refractivity contribution is -0.120. The quantitative estimate of drug-likeness (QED) is 0.906. The highest BCUT2D eigenvalue weighted by atomic mass is 16.5. The highest BCUT2D eigenvalue weighted by Crippen LogP contribution is 2.18. The van der Waals surface area contributed by atoms with E-state index < -0.39 is 0 Å². The second-order valence-electron chi connectivity index (χ2n) is 4.74. The fourth-order valence-corrected chi connectivity index (χ4v) is 2.09. The monoisotopic (exact) mass is 269 g/mol. The number of carbonyl (C=O) groups is 1. The van der Waals surface area contributed by atoms with Gasteiger partial charge < -0.3 is 10.1 Å². The maximum absolute atomic E-state index is 11.9. The highest BCUT2D eigenvalue weighted by Gasteiger charge is 2.04. The van der Waals surface area contributed by atoms with E-state index >= 15 is 0 Å². The summed E-state index contributed by atoms with van der Waals surface area (Å²) >= 11 is 0. The highest BCUT2D eigenvalue weighted by molar-refractivity contribution is 5.78. The number of methoxy groups -OCH3 is 1. The first-order valence-corrected chi connectivity index (χ1v) is 6.63. The summed E-state index contributed by atoms with van der Waals surface area (Å²) in [5.74, 6) is 0.897. The SMILES string of the molecule is COc1ccc(CNC(=O)Cc2ccccc2)cc1C. The largest absolute Gasteiger partial charge is 0.496 e. The number of aryl methyl sites for hydroxylation is 1. The van der Waals surface area contributed by atoms with Crippen molar-refractivity contribution in [2.45, 2.75) is 19.9 Å². The molecule has 2 aromatic carbocycles. The zero-order chi connectivity index (χ0) is 14.4. The lowest BCUT2D eigenvalue weighted by Crippen LogP contribution is -2.24. The molecule has 1 amide bonds. The van der Waals surface area contributed by atoms with Crippen molar-refractivity contribution in [3.63, 3.8) is 0 Å². The third kappa shape index (κ3) is 3.85. The Bertz CT molecular complexity index is 579. The molecule has 1 N–H and O–H groups in total. The number of nitrogens with one attached hydrogen (secondary N) is 1. The first-order chi connectivity index (χ1) is 9.69. The summed E-state index contributed by atoms with van der Waals surface area (Å²) in [6.45, 7) is 2.53. The number of rotatable bonds is 5. The molecule has 0 saturated carbocycles. The molecule has 2 rings (SSSR count). The van der Waals surface area contributed by atoms with E-state index in [1.54, 1.807) is 7.11 Å². The van der Waals surface area contributed by atoms with Gasteiger partial charge in [-0.1, -0.05) is 42.5 Å². The van der Waals surface area contributed by atoms with Gasteiger partial charge in [0.25, 0.3) is 0 Å². The first kappa shape index (κ1) is 14.1. The van der Waals surface area contributed by atoms with Crippen LogP contribution in [0.15, 0.2) is 48.5 Å². The van der Waals surface area contributed by atoms with E-state index in [0.29, 0.717) is 13.0 Å². The Morgan fingerprint density at radius 2 is 1.85 bits per heavy atom.